The molecule has 104 valence electrons. The van der Waals surface area contributed by atoms with Crippen LogP contribution in [0.1, 0.15) is 57.8 Å². The molecule has 0 spiro atoms. The van der Waals surface area contributed by atoms with Gasteiger partial charge in [-0.3, -0.25) is 0 Å². The molecule has 0 aromatic heterocycles. The van der Waals surface area contributed by atoms with Crippen LogP contribution in [-0.2, 0) is 0 Å². The van der Waals surface area contributed by atoms with Crippen molar-refractivity contribution in [1.29, 1.82) is 0 Å². The Balaban J connectivity index is 3.14. The molecule has 19 heavy (non-hydrogen) atoms. The van der Waals surface area contributed by atoms with Crippen LogP contribution in [-0.4, -0.2) is 10.3 Å². The number of hydrogen-bond acceptors (Lipinski definition) is 4. The second-order valence-electron chi connectivity index (χ2n) is 4.26. The molecule has 0 saturated heterocycles. The summed E-state index contributed by atoms with van der Waals surface area (Å²) in [5.74, 6) is 0. The molecule has 0 N–H and O–H groups in total. The van der Waals surface area contributed by atoms with Crippen molar-refractivity contribution in [3.8, 4) is 0 Å². The van der Waals surface area contributed by atoms with Gasteiger partial charge < -0.3 is 0 Å². The minimum absolute atomic E-state index is 1.09. The maximum Gasteiger partial charge on any atom is 0.0634 e. The zero-order chi connectivity index (χ0) is 14.0. The van der Waals surface area contributed by atoms with Crippen LogP contribution in [0.3, 0.4) is 0 Å². The van der Waals surface area contributed by atoms with Gasteiger partial charge in [0.05, 0.1) is 10.3 Å². The number of rotatable bonds is 12. The van der Waals surface area contributed by atoms with Crippen molar-refractivity contribution in [3.05, 3.63) is 24.6 Å². The van der Waals surface area contributed by atoms with Crippen molar-refractivity contribution in [2.75, 3.05) is 0 Å². The molecule has 0 aliphatic heterocycles. The molecule has 4 heteroatoms. The summed E-state index contributed by atoms with van der Waals surface area (Å²) in [5.41, 5.74) is 0. The third-order valence-corrected chi connectivity index (χ3v) is 2.92. The number of aliphatic imine (C=N–C) groups is 2. The van der Waals surface area contributed by atoms with Gasteiger partial charge in [-0.15, -0.1) is 0 Å². The monoisotopic (exact) mass is 294 g/mol. The fraction of sp³-hybridized carbons (Fsp3) is 0.600. The Kier molecular flexibility index (Phi) is 16.3. The second-order valence-corrected chi connectivity index (χ2v) is 4.63. The highest BCUT2D eigenvalue weighted by Crippen LogP contribution is 2.10. The van der Waals surface area contributed by atoms with Crippen LogP contribution in [0.15, 0.2) is 34.5 Å². The molecule has 0 heterocycles. The third kappa shape index (κ3) is 17.1. The lowest BCUT2D eigenvalue weighted by Crippen LogP contribution is -1.80. The Hall–Kier alpha value is -0.920. The van der Waals surface area contributed by atoms with Gasteiger partial charge >= 0.3 is 0 Å². The van der Waals surface area contributed by atoms with Gasteiger partial charge in [-0.25, -0.2) is 9.98 Å². The van der Waals surface area contributed by atoms with E-state index in [2.05, 4.69) is 44.7 Å². The molecule has 2 nitrogen and oxygen atoms in total. The molecule has 0 unspecified atom stereocenters. The molecule has 0 aromatic carbocycles. The largest absolute Gasteiger partial charge is 0.203 e. The Morgan fingerprint density at radius 3 is 1.37 bits per heavy atom. The number of isothiocyanates is 2. The van der Waals surface area contributed by atoms with Gasteiger partial charge in [0.1, 0.15) is 0 Å². The van der Waals surface area contributed by atoms with E-state index >= 15 is 0 Å². The Bertz CT molecular complexity index is 315. The number of allylic oxidation sites excluding steroid dienone is 2. The predicted molar refractivity (Wildman–Crippen MR) is 89.9 cm³/mol. The maximum absolute atomic E-state index is 4.47. The summed E-state index contributed by atoms with van der Waals surface area (Å²) < 4.78 is 0. The summed E-state index contributed by atoms with van der Waals surface area (Å²) in [6.07, 6.45) is 18.8. The summed E-state index contributed by atoms with van der Waals surface area (Å²) >= 11 is 8.93. The molecule has 0 saturated carbocycles. The Labute approximate surface area is 127 Å². The molecule has 0 aliphatic rings. The average Bonchev–Trinajstić information content (AvgIpc) is 2.43. The van der Waals surface area contributed by atoms with Crippen LogP contribution < -0.4 is 0 Å². The Morgan fingerprint density at radius 1 is 0.632 bits per heavy atom. The average molecular weight is 294 g/mol. The smallest absolute Gasteiger partial charge is 0.0634 e. The summed E-state index contributed by atoms with van der Waals surface area (Å²) in [5, 5.41) is 4.63. The first-order valence-electron chi connectivity index (χ1n) is 6.86. The molecular weight excluding hydrogens is 272 g/mol. The van der Waals surface area contributed by atoms with Crippen molar-refractivity contribution in [1.82, 2.24) is 0 Å². The van der Waals surface area contributed by atoms with Crippen LogP contribution in [0.25, 0.3) is 0 Å². The zero-order valence-corrected chi connectivity index (χ0v) is 13.0. The number of thiocarbonyl (C=S) groups is 2. The highest BCUT2D eigenvalue weighted by Gasteiger charge is 1.90. The lowest BCUT2D eigenvalue weighted by molar-refractivity contribution is 0.583. The standard InChI is InChI=1S/C15H22N2S2/c18-14-16-12-10-8-6-4-2-1-3-5-7-9-11-13-17-15-19/h10-13H,1-9H2. The Morgan fingerprint density at radius 2 is 1.00 bits per heavy atom. The molecule has 0 atom stereocenters. The van der Waals surface area contributed by atoms with E-state index in [4.69, 9.17) is 0 Å². The second kappa shape index (κ2) is 17.1. The van der Waals surface area contributed by atoms with Gasteiger partial charge in [-0.05, 0) is 50.1 Å². The van der Waals surface area contributed by atoms with Crippen molar-refractivity contribution in [2.24, 2.45) is 9.98 Å². The predicted octanol–water partition coefficient (Wildman–Crippen LogP) is 5.73. The van der Waals surface area contributed by atoms with E-state index in [1.165, 1.54) is 44.9 Å². The van der Waals surface area contributed by atoms with Gasteiger partial charge in [-0.2, -0.15) is 0 Å². The van der Waals surface area contributed by atoms with Crippen molar-refractivity contribution in [3.63, 3.8) is 0 Å². The first-order chi connectivity index (χ1) is 9.41. The lowest BCUT2D eigenvalue weighted by atomic mass is 10.1. The molecule has 0 amide bonds. The summed E-state index contributed by atoms with van der Waals surface area (Å²) in [7, 11) is 0. The maximum atomic E-state index is 4.47. The zero-order valence-electron chi connectivity index (χ0n) is 11.4. The number of nitrogens with zero attached hydrogens (tertiary/aromatic N) is 2. The van der Waals surface area contributed by atoms with Gasteiger partial charge in [-0.1, -0.05) is 44.3 Å². The molecule has 0 rings (SSSR count). The quantitative estimate of drug-likeness (QED) is 0.261. The van der Waals surface area contributed by atoms with Crippen LogP contribution in [0.2, 0.25) is 0 Å². The summed E-state index contributed by atoms with van der Waals surface area (Å²) in [4.78, 5) is 7.46. The molecule has 0 radical (unpaired) electrons. The van der Waals surface area contributed by atoms with E-state index in [0.29, 0.717) is 0 Å². The van der Waals surface area contributed by atoms with Crippen LogP contribution >= 0.6 is 24.4 Å². The molecule has 0 aromatic rings. The van der Waals surface area contributed by atoms with Gasteiger partial charge in [0.15, 0.2) is 0 Å². The van der Waals surface area contributed by atoms with Gasteiger partial charge in [0.25, 0.3) is 0 Å². The number of unbranched alkanes of at least 4 members (excludes halogenated alkanes) is 8. The first kappa shape index (κ1) is 18.1. The molecule has 0 aliphatic carbocycles. The molecular formula is C15H22N2S2. The fourth-order valence-electron chi connectivity index (χ4n) is 1.72. The van der Waals surface area contributed by atoms with E-state index < -0.39 is 0 Å². The molecule has 0 fully saturated rings. The highest BCUT2D eigenvalue weighted by atomic mass is 32.1. The van der Waals surface area contributed by atoms with Crippen LogP contribution in [0, 0.1) is 0 Å². The van der Waals surface area contributed by atoms with Crippen LogP contribution in [0.4, 0.5) is 0 Å². The van der Waals surface area contributed by atoms with E-state index in [-0.39, 0.29) is 0 Å². The van der Waals surface area contributed by atoms with Crippen molar-refractivity contribution >= 4 is 34.8 Å². The minimum Gasteiger partial charge on any atom is -0.203 e. The van der Waals surface area contributed by atoms with Gasteiger partial charge in [0.2, 0.25) is 0 Å². The SMILES string of the molecule is S=C=NC=CCCCCCCCCCC=CN=C=S. The normalized spacial score (nSPS) is 10.5. The molecule has 0 bridgehead atoms. The summed E-state index contributed by atoms with van der Waals surface area (Å²) in [6.45, 7) is 0. The summed E-state index contributed by atoms with van der Waals surface area (Å²) in [6, 6.07) is 0. The lowest BCUT2D eigenvalue weighted by Gasteiger charge is -1.99. The van der Waals surface area contributed by atoms with Crippen LogP contribution in [0.5, 0.6) is 0 Å². The minimum atomic E-state index is 1.09. The highest BCUT2D eigenvalue weighted by molar-refractivity contribution is 7.78. The third-order valence-electron chi connectivity index (χ3n) is 2.71. The van der Waals surface area contributed by atoms with E-state index in [1.54, 1.807) is 12.4 Å². The van der Waals surface area contributed by atoms with E-state index in [1.807, 2.05) is 12.2 Å². The number of hydrogen-bond donors (Lipinski definition) is 0. The van der Waals surface area contributed by atoms with Crippen molar-refractivity contribution < 1.29 is 0 Å². The van der Waals surface area contributed by atoms with E-state index in [9.17, 15) is 0 Å². The fourth-order valence-corrected chi connectivity index (χ4v) is 1.85. The first-order valence-corrected chi connectivity index (χ1v) is 7.67. The van der Waals surface area contributed by atoms with Crippen molar-refractivity contribution in [2.45, 2.75) is 57.8 Å². The van der Waals surface area contributed by atoms with E-state index in [0.717, 1.165) is 12.8 Å². The van der Waals surface area contributed by atoms with Gasteiger partial charge in [0, 0.05) is 12.4 Å². The topological polar surface area (TPSA) is 24.7 Å².